The van der Waals surface area contributed by atoms with Gasteiger partial charge in [0, 0.05) is 12.4 Å². The summed E-state index contributed by atoms with van der Waals surface area (Å²) in [5.41, 5.74) is 0.794. The molecule has 0 saturated carbocycles. The summed E-state index contributed by atoms with van der Waals surface area (Å²) in [4.78, 5) is 11.1. The second kappa shape index (κ2) is 2.20. The van der Waals surface area contributed by atoms with Gasteiger partial charge < -0.3 is 4.98 Å². The Bertz CT molecular complexity index is 393. The summed E-state index contributed by atoms with van der Waals surface area (Å²) in [5, 5.41) is 1.54. The molecule has 3 nitrogen and oxygen atoms in total. The molecule has 0 aliphatic rings. The maximum Gasteiger partial charge on any atom is 0.142 e. The molecule has 56 valence electrons. The van der Waals surface area contributed by atoms with E-state index in [4.69, 9.17) is 11.6 Å². The molecule has 0 aliphatic carbocycles. The van der Waals surface area contributed by atoms with Crippen LogP contribution in [0, 0.1) is 6.92 Å². The first-order valence-electron chi connectivity index (χ1n) is 3.23. The maximum absolute atomic E-state index is 5.81. The Morgan fingerprint density at radius 3 is 3.18 bits per heavy atom. The smallest absolute Gasteiger partial charge is 0.142 e. The molecular weight excluding hydrogens is 162 g/mol. The average molecular weight is 168 g/mol. The number of nitrogens with zero attached hydrogens (tertiary/aromatic N) is 2. The Morgan fingerprint density at radius 1 is 1.55 bits per heavy atom. The van der Waals surface area contributed by atoms with Gasteiger partial charge in [-0.2, -0.15) is 0 Å². The SMILES string of the molecule is Cc1ncc2c(Cl)c[nH]c2n1. The van der Waals surface area contributed by atoms with Gasteiger partial charge in [-0.25, -0.2) is 9.97 Å². The van der Waals surface area contributed by atoms with E-state index in [2.05, 4.69) is 15.0 Å². The van der Waals surface area contributed by atoms with Gasteiger partial charge in [-0.1, -0.05) is 11.6 Å². The van der Waals surface area contributed by atoms with E-state index in [1.807, 2.05) is 6.92 Å². The van der Waals surface area contributed by atoms with Crippen LogP contribution in [0.3, 0.4) is 0 Å². The van der Waals surface area contributed by atoms with Gasteiger partial charge in [0.15, 0.2) is 0 Å². The lowest BCUT2D eigenvalue weighted by molar-refractivity contribution is 1.08. The van der Waals surface area contributed by atoms with Gasteiger partial charge >= 0.3 is 0 Å². The molecule has 0 atom stereocenters. The number of H-pyrrole nitrogens is 1. The van der Waals surface area contributed by atoms with Crippen molar-refractivity contribution in [1.82, 2.24) is 15.0 Å². The number of fused-ring (bicyclic) bond motifs is 1. The third kappa shape index (κ3) is 0.973. The molecule has 0 spiro atoms. The Balaban J connectivity index is 2.86. The topological polar surface area (TPSA) is 41.6 Å². The number of aromatic amines is 1. The van der Waals surface area contributed by atoms with Crippen molar-refractivity contribution < 1.29 is 0 Å². The quantitative estimate of drug-likeness (QED) is 0.652. The minimum atomic E-state index is 0.667. The predicted octanol–water partition coefficient (Wildman–Crippen LogP) is 1.92. The number of nitrogens with one attached hydrogen (secondary N) is 1. The van der Waals surface area contributed by atoms with Crippen molar-refractivity contribution in [3.8, 4) is 0 Å². The lowest BCUT2D eigenvalue weighted by Crippen LogP contribution is -1.85. The predicted molar refractivity (Wildman–Crippen MR) is 43.6 cm³/mol. The van der Waals surface area contributed by atoms with Crippen LogP contribution in [0.4, 0.5) is 0 Å². The lowest BCUT2D eigenvalue weighted by Gasteiger charge is -1.90. The van der Waals surface area contributed by atoms with E-state index in [0.29, 0.717) is 5.02 Å². The van der Waals surface area contributed by atoms with Gasteiger partial charge in [-0.05, 0) is 6.92 Å². The Hall–Kier alpha value is -1.09. The highest BCUT2D eigenvalue weighted by molar-refractivity contribution is 6.35. The van der Waals surface area contributed by atoms with E-state index in [1.54, 1.807) is 12.4 Å². The number of halogens is 1. The second-order valence-corrected chi connectivity index (χ2v) is 2.72. The first-order valence-corrected chi connectivity index (χ1v) is 3.61. The summed E-state index contributed by atoms with van der Waals surface area (Å²) in [6, 6.07) is 0. The highest BCUT2D eigenvalue weighted by Crippen LogP contribution is 2.19. The van der Waals surface area contributed by atoms with Gasteiger partial charge in [0.2, 0.25) is 0 Å². The minimum absolute atomic E-state index is 0.667. The molecular formula is C7H6ClN3. The molecule has 0 amide bonds. The van der Waals surface area contributed by atoms with Crippen LogP contribution >= 0.6 is 11.6 Å². The van der Waals surface area contributed by atoms with E-state index in [9.17, 15) is 0 Å². The fraction of sp³-hybridized carbons (Fsp3) is 0.143. The summed E-state index contributed by atoms with van der Waals surface area (Å²) in [6.45, 7) is 1.84. The van der Waals surface area contributed by atoms with E-state index in [-0.39, 0.29) is 0 Å². The van der Waals surface area contributed by atoms with Crippen molar-refractivity contribution >= 4 is 22.6 Å². The molecule has 11 heavy (non-hydrogen) atoms. The van der Waals surface area contributed by atoms with Crippen LogP contribution in [0.25, 0.3) is 11.0 Å². The molecule has 2 rings (SSSR count). The molecule has 0 saturated heterocycles. The molecule has 0 radical (unpaired) electrons. The van der Waals surface area contributed by atoms with Crippen molar-refractivity contribution in [2.24, 2.45) is 0 Å². The van der Waals surface area contributed by atoms with E-state index >= 15 is 0 Å². The third-order valence-electron chi connectivity index (χ3n) is 1.50. The van der Waals surface area contributed by atoms with Crippen LogP contribution in [0.1, 0.15) is 5.82 Å². The monoisotopic (exact) mass is 167 g/mol. The first kappa shape index (κ1) is 6.61. The summed E-state index contributed by atoms with van der Waals surface area (Å²) in [5.74, 6) is 0.746. The van der Waals surface area contributed by atoms with Crippen molar-refractivity contribution in [3.63, 3.8) is 0 Å². The van der Waals surface area contributed by atoms with Gasteiger partial charge in [-0.3, -0.25) is 0 Å². The van der Waals surface area contributed by atoms with E-state index in [1.165, 1.54) is 0 Å². The molecule has 0 aliphatic heterocycles. The third-order valence-corrected chi connectivity index (χ3v) is 1.81. The first-order chi connectivity index (χ1) is 5.27. The van der Waals surface area contributed by atoms with E-state index in [0.717, 1.165) is 16.9 Å². The highest BCUT2D eigenvalue weighted by atomic mass is 35.5. The zero-order chi connectivity index (χ0) is 7.84. The summed E-state index contributed by atoms with van der Waals surface area (Å²) in [6.07, 6.45) is 3.43. The molecule has 0 aromatic carbocycles. The molecule has 4 heteroatoms. The van der Waals surface area contributed by atoms with Crippen LogP contribution in [-0.2, 0) is 0 Å². The van der Waals surface area contributed by atoms with Gasteiger partial charge in [0.05, 0.1) is 10.4 Å². The number of aryl methyl sites for hydroxylation is 1. The van der Waals surface area contributed by atoms with Crippen molar-refractivity contribution in [2.45, 2.75) is 6.92 Å². The van der Waals surface area contributed by atoms with Crippen molar-refractivity contribution in [2.75, 3.05) is 0 Å². The highest BCUT2D eigenvalue weighted by Gasteiger charge is 2.01. The normalized spacial score (nSPS) is 10.7. The number of hydrogen-bond acceptors (Lipinski definition) is 2. The second-order valence-electron chi connectivity index (χ2n) is 2.32. The van der Waals surface area contributed by atoms with Crippen LogP contribution in [0.5, 0.6) is 0 Å². The van der Waals surface area contributed by atoms with E-state index < -0.39 is 0 Å². The number of aromatic nitrogens is 3. The molecule has 2 aromatic heterocycles. The van der Waals surface area contributed by atoms with Crippen LogP contribution < -0.4 is 0 Å². The van der Waals surface area contributed by atoms with Crippen LogP contribution in [0.2, 0.25) is 5.02 Å². The molecule has 0 bridgehead atoms. The van der Waals surface area contributed by atoms with Crippen LogP contribution in [0.15, 0.2) is 12.4 Å². The number of hydrogen-bond donors (Lipinski definition) is 1. The van der Waals surface area contributed by atoms with Crippen molar-refractivity contribution in [1.29, 1.82) is 0 Å². The summed E-state index contributed by atoms with van der Waals surface area (Å²) in [7, 11) is 0. The Kier molecular flexibility index (Phi) is 1.32. The standard InChI is InChI=1S/C7H6ClN3/c1-4-9-2-5-6(8)3-10-7(5)11-4/h2-3H,1H3,(H,9,10,11). The average Bonchev–Trinajstić information content (AvgIpc) is 2.32. The molecule has 2 heterocycles. The molecule has 1 N–H and O–H groups in total. The zero-order valence-corrected chi connectivity index (χ0v) is 6.68. The molecule has 0 unspecified atom stereocenters. The maximum atomic E-state index is 5.81. The molecule has 0 fully saturated rings. The van der Waals surface area contributed by atoms with Gasteiger partial charge in [0.1, 0.15) is 11.5 Å². The van der Waals surface area contributed by atoms with Crippen LogP contribution in [-0.4, -0.2) is 15.0 Å². The van der Waals surface area contributed by atoms with Gasteiger partial charge in [-0.15, -0.1) is 0 Å². The largest absolute Gasteiger partial charge is 0.344 e. The molecule has 2 aromatic rings. The lowest BCUT2D eigenvalue weighted by atomic mass is 10.4. The van der Waals surface area contributed by atoms with Crippen molar-refractivity contribution in [3.05, 3.63) is 23.2 Å². The summed E-state index contributed by atoms with van der Waals surface area (Å²) >= 11 is 5.81. The zero-order valence-electron chi connectivity index (χ0n) is 5.93. The Morgan fingerprint density at radius 2 is 2.36 bits per heavy atom. The Labute approximate surface area is 68.4 Å². The number of rotatable bonds is 0. The minimum Gasteiger partial charge on any atom is -0.344 e. The fourth-order valence-electron chi connectivity index (χ4n) is 0.964. The summed E-state index contributed by atoms with van der Waals surface area (Å²) < 4.78 is 0. The van der Waals surface area contributed by atoms with Gasteiger partial charge in [0.25, 0.3) is 0 Å². The fourth-order valence-corrected chi connectivity index (χ4v) is 1.16.